The van der Waals surface area contributed by atoms with E-state index in [0.717, 1.165) is 11.3 Å². The molecule has 7 nitrogen and oxygen atoms in total. The molecule has 1 saturated heterocycles. The average molecular weight is 397 g/mol. The Hall–Kier alpha value is -3.42. The normalized spacial score (nSPS) is 18.3. The minimum absolute atomic E-state index is 0.187. The Balaban J connectivity index is 1.38. The molecule has 1 N–H and O–H groups in total. The predicted octanol–water partition coefficient (Wildman–Crippen LogP) is 1.96. The van der Waals surface area contributed by atoms with E-state index in [1.807, 2.05) is 6.92 Å². The minimum atomic E-state index is -0.739. The lowest BCUT2D eigenvalue weighted by atomic mass is 10.1. The van der Waals surface area contributed by atoms with Gasteiger partial charge in [0, 0.05) is 48.7 Å². The molecule has 2 aromatic rings. The SMILES string of the molecule is C[C@@H]1CN(c2ccc(F)cc2)CCN1C(=O)C(=O)Nc1ccc2c(c1)OC(=O)C2. The highest BCUT2D eigenvalue weighted by molar-refractivity contribution is 6.39. The third kappa shape index (κ3) is 3.91. The molecule has 2 heterocycles. The van der Waals surface area contributed by atoms with Crippen LogP contribution in [0.25, 0.3) is 0 Å². The lowest BCUT2D eigenvalue weighted by Crippen LogP contribution is -2.56. The third-order valence-electron chi connectivity index (χ3n) is 5.16. The standard InChI is InChI=1S/C21H20FN3O4/c1-13-12-24(17-6-3-15(22)4-7-17)8-9-25(13)21(28)20(27)23-16-5-2-14-10-19(26)29-18(14)11-16/h2-7,11,13H,8-10,12H2,1H3,(H,23,27)/t13-/m1/s1. The van der Waals surface area contributed by atoms with Gasteiger partial charge in [-0.2, -0.15) is 0 Å². The van der Waals surface area contributed by atoms with Crippen LogP contribution in [0.15, 0.2) is 42.5 Å². The molecule has 0 aromatic heterocycles. The molecular weight excluding hydrogens is 377 g/mol. The lowest BCUT2D eigenvalue weighted by Gasteiger charge is -2.40. The first kappa shape index (κ1) is 18.9. The summed E-state index contributed by atoms with van der Waals surface area (Å²) in [6.45, 7) is 3.34. The topological polar surface area (TPSA) is 79.0 Å². The third-order valence-corrected chi connectivity index (χ3v) is 5.16. The number of carbonyl (C=O) groups excluding carboxylic acids is 3. The summed E-state index contributed by atoms with van der Waals surface area (Å²) in [5, 5.41) is 2.58. The van der Waals surface area contributed by atoms with Gasteiger partial charge in [0.25, 0.3) is 0 Å². The van der Waals surface area contributed by atoms with Gasteiger partial charge >= 0.3 is 17.8 Å². The molecule has 2 aromatic carbocycles. The number of hydrogen-bond donors (Lipinski definition) is 1. The predicted molar refractivity (Wildman–Crippen MR) is 104 cm³/mol. The van der Waals surface area contributed by atoms with Gasteiger partial charge in [0.15, 0.2) is 0 Å². The van der Waals surface area contributed by atoms with Gasteiger partial charge in [-0.1, -0.05) is 6.07 Å². The number of nitrogens with one attached hydrogen (secondary N) is 1. The number of rotatable bonds is 2. The molecule has 0 unspecified atom stereocenters. The smallest absolute Gasteiger partial charge is 0.315 e. The van der Waals surface area contributed by atoms with Gasteiger partial charge in [-0.05, 0) is 37.3 Å². The van der Waals surface area contributed by atoms with E-state index >= 15 is 0 Å². The fourth-order valence-electron chi connectivity index (χ4n) is 3.65. The number of anilines is 2. The van der Waals surface area contributed by atoms with Crippen molar-refractivity contribution in [2.75, 3.05) is 29.9 Å². The number of hydrogen-bond acceptors (Lipinski definition) is 5. The van der Waals surface area contributed by atoms with Crippen LogP contribution in [-0.2, 0) is 20.8 Å². The number of halogens is 1. The zero-order valence-corrected chi connectivity index (χ0v) is 15.9. The molecule has 2 amide bonds. The molecule has 2 aliphatic rings. The molecule has 0 radical (unpaired) electrons. The molecule has 0 saturated carbocycles. The first-order valence-electron chi connectivity index (χ1n) is 9.37. The van der Waals surface area contributed by atoms with Crippen LogP contribution in [0.2, 0.25) is 0 Å². The van der Waals surface area contributed by atoms with Gasteiger partial charge in [-0.3, -0.25) is 14.4 Å². The Labute approximate surface area is 167 Å². The summed E-state index contributed by atoms with van der Waals surface area (Å²) in [5.41, 5.74) is 2.03. The molecule has 8 heteroatoms. The summed E-state index contributed by atoms with van der Waals surface area (Å²) in [7, 11) is 0. The Morgan fingerprint density at radius 3 is 2.62 bits per heavy atom. The molecule has 150 valence electrons. The molecular formula is C21H20FN3O4. The first-order valence-corrected chi connectivity index (χ1v) is 9.37. The second kappa shape index (κ2) is 7.54. The molecule has 0 bridgehead atoms. The number of piperazine rings is 1. The number of ether oxygens (including phenoxy) is 1. The fraction of sp³-hybridized carbons (Fsp3) is 0.286. The van der Waals surface area contributed by atoms with Crippen molar-refractivity contribution in [3.05, 3.63) is 53.8 Å². The van der Waals surface area contributed by atoms with Crippen LogP contribution in [-0.4, -0.2) is 48.4 Å². The molecule has 0 aliphatic carbocycles. The van der Waals surface area contributed by atoms with Crippen molar-refractivity contribution < 1.29 is 23.5 Å². The van der Waals surface area contributed by atoms with Gasteiger partial charge in [-0.25, -0.2) is 4.39 Å². The van der Waals surface area contributed by atoms with Crippen LogP contribution in [0, 0.1) is 5.82 Å². The highest BCUT2D eigenvalue weighted by Crippen LogP contribution is 2.29. The van der Waals surface area contributed by atoms with Crippen molar-refractivity contribution >= 4 is 29.2 Å². The summed E-state index contributed by atoms with van der Waals surface area (Å²) in [6, 6.07) is 10.9. The van der Waals surface area contributed by atoms with Crippen molar-refractivity contribution in [1.82, 2.24) is 4.90 Å². The Morgan fingerprint density at radius 1 is 1.14 bits per heavy atom. The molecule has 0 spiro atoms. The van der Waals surface area contributed by atoms with Crippen molar-refractivity contribution in [3.8, 4) is 5.75 Å². The second-order valence-electron chi connectivity index (χ2n) is 7.20. The Morgan fingerprint density at radius 2 is 1.90 bits per heavy atom. The van der Waals surface area contributed by atoms with Crippen LogP contribution in [0.3, 0.4) is 0 Å². The first-order chi connectivity index (χ1) is 13.9. The Bertz CT molecular complexity index is 976. The largest absolute Gasteiger partial charge is 0.426 e. The molecule has 29 heavy (non-hydrogen) atoms. The van der Waals surface area contributed by atoms with E-state index in [-0.39, 0.29) is 24.2 Å². The summed E-state index contributed by atoms with van der Waals surface area (Å²) in [5.74, 6) is -1.59. The van der Waals surface area contributed by atoms with Gasteiger partial charge in [0.2, 0.25) is 0 Å². The number of fused-ring (bicyclic) bond motifs is 1. The number of carbonyl (C=O) groups is 3. The van der Waals surface area contributed by atoms with E-state index in [4.69, 9.17) is 4.74 Å². The van der Waals surface area contributed by atoms with E-state index in [1.165, 1.54) is 17.0 Å². The minimum Gasteiger partial charge on any atom is -0.426 e. The van der Waals surface area contributed by atoms with Crippen molar-refractivity contribution in [3.63, 3.8) is 0 Å². The van der Waals surface area contributed by atoms with Crippen LogP contribution in [0.1, 0.15) is 12.5 Å². The van der Waals surface area contributed by atoms with E-state index in [9.17, 15) is 18.8 Å². The van der Waals surface area contributed by atoms with Crippen molar-refractivity contribution in [1.29, 1.82) is 0 Å². The summed E-state index contributed by atoms with van der Waals surface area (Å²) >= 11 is 0. The molecule has 1 fully saturated rings. The van der Waals surface area contributed by atoms with Crippen molar-refractivity contribution in [2.24, 2.45) is 0 Å². The van der Waals surface area contributed by atoms with E-state index < -0.39 is 11.8 Å². The summed E-state index contributed by atoms with van der Waals surface area (Å²) in [4.78, 5) is 40.0. The number of nitrogens with zero attached hydrogens (tertiary/aromatic N) is 2. The highest BCUT2D eigenvalue weighted by atomic mass is 19.1. The lowest BCUT2D eigenvalue weighted by molar-refractivity contribution is -0.144. The monoisotopic (exact) mass is 397 g/mol. The van der Waals surface area contributed by atoms with Crippen LogP contribution in [0.4, 0.5) is 15.8 Å². The number of amides is 2. The molecule has 4 rings (SSSR count). The van der Waals surface area contributed by atoms with E-state index in [2.05, 4.69) is 10.2 Å². The van der Waals surface area contributed by atoms with Gasteiger partial charge in [-0.15, -0.1) is 0 Å². The van der Waals surface area contributed by atoms with Crippen LogP contribution >= 0.6 is 0 Å². The zero-order valence-electron chi connectivity index (χ0n) is 15.9. The maximum absolute atomic E-state index is 13.1. The summed E-state index contributed by atoms with van der Waals surface area (Å²) in [6.07, 6.45) is 0.207. The van der Waals surface area contributed by atoms with Gasteiger partial charge in [0.1, 0.15) is 11.6 Å². The van der Waals surface area contributed by atoms with E-state index in [1.54, 1.807) is 30.3 Å². The quantitative estimate of drug-likeness (QED) is 0.476. The molecule has 1 atom stereocenters. The fourth-order valence-corrected chi connectivity index (χ4v) is 3.65. The Kier molecular flexibility index (Phi) is 4.92. The zero-order chi connectivity index (χ0) is 20.5. The van der Waals surface area contributed by atoms with Gasteiger partial charge in [0.05, 0.1) is 6.42 Å². The molecule has 2 aliphatic heterocycles. The van der Waals surface area contributed by atoms with Crippen LogP contribution in [0.5, 0.6) is 5.75 Å². The van der Waals surface area contributed by atoms with Gasteiger partial charge < -0.3 is 19.9 Å². The van der Waals surface area contributed by atoms with E-state index in [0.29, 0.717) is 31.1 Å². The van der Waals surface area contributed by atoms with Crippen molar-refractivity contribution in [2.45, 2.75) is 19.4 Å². The number of benzene rings is 2. The maximum atomic E-state index is 13.1. The second-order valence-corrected chi connectivity index (χ2v) is 7.20. The average Bonchev–Trinajstić information content (AvgIpc) is 3.07. The summed E-state index contributed by atoms with van der Waals surface area (Å²) < 4.78 is 18.2. The number of esters is 1. The maximum Gasteiger partial charge on any atom is 0.315 e. The van der Waals surface area contributed by atoms with Crippen LogP contribution < -0.4 is 15.0 Å². The highest BCUT2D eigenvalue weighted by Gasteiger charge is 2.31.